The molecule has 6 atom stereocenters. The van der Waals surface area contributed by atoms with Gasteiger partial charge < -0.3 is 28.8 Å². The van der Waals surface area contributed by atoms with Crippen molar-refractivity contribution in [1.82, 2.24) is 0 Å². The minimum atomic E-state index is -0.896. The number of aliphatic hydroxyl groups is 1. The van der Waals surface area contributed by atoms with Crippen molar-refractivity contribution < 1.29 is 28.8 Å². The van der Waals surface area contributed by atoms with Crippen LogP contribution in [0.4, 0.5) is 0 Å². The summed E-state index contributed by atoms with van der Waals surface area (Å²) in [7, 11) is 1.54. The summed E-state index contributed by atoms with van der Waals surface area (Å²) < 4.78 is 29.1. The zero-order valence-corrected chi connectivity index (χ0v) is 15.1. The van der Waals surface area contributed by atoms with Crippen LogP contribution in [0.25, 0.3) is 0 Å². The van der Waals surface area contributed by atoms with E-state index in [4.69, 9.17) is 23.7 Å². The second-order valence-electron chi connectivity index (χ2n) is 6.71. The summed E-state index contributed by atoms with van der Waals surface area (Å²) in [6.45, 7) is 0.661. The minimum Gasteiger partial charge on any atom is -0.387 e. The maximum Gasteiger partial charge on any atom is 0.186 e. The molecule has 2 fully saturated rings. The van der Waals surface area contributed by atoms with Crippen molar-refractivity contribution in [2.45, 2.75) is 43.6 Å². The molecule has 0 aromatic heterocycles. The molecule has 2 aromatic carbocycles. The summed E-state index contributed by atoms with van der Waals surface area (Å²) in [6.07, 6.45) is -3.76. The Labute approximate surface area is 158 Å². The van der Waals surface area contributed by atoms with Crippen LogP contribution in [-0.4, -0.2) is 49.5 Å². The molecule has 0 bridgehead atoms. The number of ether oxygens (including phenoxy) is 5. The molecule has 0 amide bonds. The van der Waals surface area contributed by atoms with Crippen LogP contribution in [0.2, 0.25) is 0 Å². The van der Waals surface area contributed by atoms with Crippen LogP contribution in [0.3, 0.4) is 0 Å². The van der Waals surface area contributed by atoms with Crippen molar-refractivity contribution in [2.75, 3.05) is 13.7 Å². The molecule has 6 nitrogen and oxygen atoms in total. The molecule has 2 aliphatic heterocycles. The van der Waals surface area contributed by atoms with E-state index in [1.165, 1.54) is 7.11 Å². The molecule has 2 saturated heterocycles. The van der Waals surface area contributed by atoms with E-state index in [0.717, 1.165) is 11.1 Å². The van der Waals surface area contributed by atoms with Crippen LogP contribution < -0.4 is 0 Å². The van der Waals surface area contributed by atoms with Crippen molar-refractivity contribution >= 4 is 0 Å². The van der Waals surface area contributed by atoms with E-state index in [-0.39, 0.29) is 0 Å². The maximum atomic E-state index is 10.9. The Hall–Kier alpha value is -1.80. The fourth-order valence-electron chi connectivity index (χ4n) is 3.48. The number of hydrogen-bond donors (Lipinski definition) is 1. The highest BCUT2D eigenvalue weighted by atomic mass is 16.8. The highest BCUT2D eigenvalue weighted by molar-refractivity contribution is 5.17. The van der Waals surface area contributed by atoms with Gasteiger partial charge in [0.15, 0.2) is 12.6 Å². The van der Waals surface area contributed by atoms with Gasteiger partial charge in [-0.1, -0.05) is 60.7 Å². The summed E-state index contributed by atoms with van der Waals surface area (Å²) >= 11 is 0. The smallest absolute Gasteiger partial charge is 0.186 e. The lowest BCUT2D eigenvalue weighted by Gasteiger charge is -2.47. The van der Waals surface area contributed by atoms with E-state index in [1.54, 1.807) is 0 Å². The SMILES string of the molecule is CO[C@H]1O[C@@H]2CO[C@@H](c3ccccc3)O[C@@H]2[C@@H](O)[C@H]1OCc1ccccc1. The van der Waals surface area contributed by atoms with Crippen LogP contribution in [0.1, 0.15) is 17.4 Å². The summed E-state index contributed by atoms with van der Waals surface area (Å²) in [5, 5.41) is 10.9. The summed E-state index contributed by atoms with van der Waals surface area (Å²) in [5.41, 5.74) is 1.91. The summed E-state index contributed by atoms with van der Waals surface area (Å²) in [5.74, 6) is 0. The molecule has 2 heterocycles. The third-order valence-electron chi connectivity index (χ3n) is 4.90. The van der Waals surface area contributed by atoms with E-state index >= 15 is 0 Å². The van der Waals surface area contributed by atoms with E-state index in [0.29, 0.717) is 13.2 Å². The number of benzene rings is 2. The second kappa shape index (κ2) is 8.48. The second-order valence-corrected chi connectivity index (χ2v) is 6.71. The molecule has 4 rings (SSSR count). The molecule has 144 valence electrons. The van der Waals surface area contributed by atoms with Gasteiger partial charge >= 0.3 is 0 Å². The highest BCUT2D eigenvalue weighted by Crippen LogP contribution is 2.35. The number of methoxy groups -OCH3 is 1. The monoisotopic (exact) mass is 372 g/mol. The molecular weight excluding hydrogens is 348 g/mol. The minimum absolute atomic E-state index is 0.312. The molecule has 0 unspecified atom stereocenters. The van der Waals surface area contributed by atoms with Gasteiger partial charge in [0.25, 0.3) is 0 Å². The first kappa shape index (κ1) is 18.6. The third-order valence-corrected chi connectivity index (χ3v) is 4.90. The van der Waals surface area contributed by atoms with Gasteiger partial charge in [0.2, 0.25) is 0 Å². The van der Waals surface area contributed by atoms with Crippen LogP contribution in [0.5, 0.6) is 0 Å². The standard InChI is InChI=1S/C21H24O6/c1-23-21-19(24-12-14-8-4-2-5-9-14)17(22)18-16(26-21)13-25-20(27-18)15-10-6-3-7-11-15/h2-11,16-22H,12-13H2,1H3/t16-,17-,18+,19-,20-,21+/m1/s1. The molecule has 0 radical (unpaired) electrons. The van der Waals surface area contributed by atoms with Crippen LogP contribution >= 0.6 is 0 Å². The first-order valence-electron chi connectivity index (χ1n) is 9.10. The van der Waals surface area contributed by atoms with Crippen molar-refractivity contribution in [1.29, 1.82) is 0 Å². The maximum absolute atomic E-state index is 10.9. The van der Waals surface area contributed by atoms with Crippen molar-refractivity contribution in [2.24, 2.45) is 0 Å². The fraction of sp³-hybridized carbons (Fsp3) is 0.429. The van der Waals surface area contributed by atoms with E-state index in [1.807, 2.05) is 60.7 Å². The quantitative estimate of drug-likeness (QED) is 0.870. The lowest BCUT2D eigenvalue weighted by molar-refractivity contribution is -0.363. The third kappa shape index (κ3) is 4.06. The van der Waals surface area contributed by atoms with Crippen molar-refractivity contribution in [3.05, 3.63) is 71.8 Å². The lowest BCUT2D eigenvalue weighted by Crippen LogP contribution is -2.62. The predicted octanol–water partition coefficient (Wildman–Crippen LogP) is 2.42. The van der Waals surface area contributed by atoms with Gasteiger partial charge in [-0.25, -0.2) is 0 Å². The number of hydrogen-bond acceptors (Lipinski definition) is 6. The summed E-state index contributed by atoms with van der Waals surface area (Å²) in [6, 6.07) is 19.4. The predicted molar refractivity (Wildman–Crippen MR) is 96.7 cm³/mol. The topological polar surface area (TPSA) is 66.4 Å². The normalized spacial score (nSPS) is 33.4. The van der Waals surface area contributed by atoms with Crippen molar-refractivity contribution in [3.8, 4) is 0 Å². The molecule has 2 aromatic rings. The molecule has 27 heavy (non-hydrogen) atoms. The molecular formula is C21H24O6. The van der Waals surface area contributed by atoms with E-state index in [2.05, 4.69) is 0 Å². The Morgan fingerprint density at radius 1 is 1.00 bits per heavy atom. The van der Waals surface area contributed by atoms with Gasteiger partial charge in [0.1, 0.15) is 24.4 Å². The molecule has 2 aliphatic rings. The summed E-state index contributed by atoms with van der Waals surface area (Å²) in [4.78, 5) is 0. The van der Waals surface area contributed by atoms with Crippen molar-refractivity contribution in [3.63, 3.8) is 0 Å². The van der Waals surface area contributed by atoms with Gasteiger partial charge in [-0.05, 0) is 5.56 Å². The Bertz CT molecular complexity index is 703. The Kier molecular flexibility index (Phi) is 5.83. The number of fused-ring (bicyclic) bond motifs is 1. The molecule has 0 saturated carbocycles. The fourth-order valence-corrected chi connectivity index (χ4v) is 3.48. The average molecular weight is 372 g/mol. The Morgan fingerprint density at radius 3 is 2.41 bits per heavy atom. The number of aliphatic hydroxyl groups excluding tert-OH is 1. The van der Waals surface area contributed by atoms with Crippen LogP contribution in [-0.2, 0) is 30.3 Å². The van der Waals surface area contributed by atoms with E-state index < -0.39 is 37.0 Å². The largest absolute Gasteiger partial charge is 0.387 e. The Morgan fingerprint density at radius 2 is 1.70 bits per heavy atom. The molecule has 1 N–H and O–H groups in total. The first-order chi connectivity index (χ1) is 13.3. The van der Waals surface area contributed by atoms with Crippen LogP contribution in [0.15, 0.2) is 60.7 Å². The van der Waals surface area contributed by atoms with E-state index in [9.17, 15) is 5.11 Å². The zero-order valence-electron chi connectivity index (χ0n) is 15.1. The molecule has 0 spiro atoms. The first-order valence-corrected chi connectivity index (χ1v) is 9.10. The molecule has 0 aliphatic carbocycles. The van der Waals surface area contributed by atoms with Gasteiger partial charge in [-0.2, -0.15) is 0 Å². The van der Waals surface area contributed by atoms with Gasteiger partial charge in [0.05, 0.1) is 13.2 Å². The lowest BCUT2D eigenvalue weighted by atomic mass is 9.97. The Balaban J connectivity index is 1.46. The zero-order chi connectivity index (χ0) is 18.6. The van der Waals surface area contributed by atoms with Gasteiger partial charge in [0, 0.05) is 12.7 Å². The number of rotatable bonds is 5. The van der Waals surface area contributed by atoms with Crippen LogP contribution in [0, 0.1) is 0 Å². The highest BCUT2D eigenvalue weighted by Gasteiger charge is 2.50. The molecule has 6 heteroatoms. The van der Waals surface area contributed by atoms with Gasteiger partial charge in [-0.15, -0.1) is 0 Å². The van der Waals surface area contributed by atoms with Gasteiger partial charge in [-0.3, -0.25) is 0 Å². The average Bonchev–Trinajstić information content (AvgIpc) is 2.74.